The third-order valence-corrected chi connectivity index (χ3v) is 8.26. The molecule has 2 aromatic rings. The first kappa shape index (κ1) is 22.6. The van der Waals surface area contributed by atoms with Crippen molar-refractivity contribution in [2.45, 2.75) is 52.1 Å². The van der Waals surface area contributed by atoms with E-state index in [9.17, 15) is 14.9 Å². The minimum Gasteiger partial charge on any atom is -0.448 e. The Morgan fingerprint density at radius 2 is 1.81 bits per heavy atom. The molecule has 0 aromatic heterocycles. The molecule has 2 aliphatic rings. The second kappa shape index (κ2) is 7.50. The molecule has 7 heteroatoms. The molecule has 166 valence electrons. The fraction of sp³-hybridized carbons (Fsp3) is 0.400. The number of esters is 1. The number of anilines is 1. The number of amides is 1. The number of hydrogen-bond acceptors (Lipinski definition) is 4. The van der Waals surface area contributed by atoms with Crippen LogP contribution in [0.5, 0.6) is 0 Å². The van der Waals surface area contributed by atoms with Crippen LogP contribution in [0.3, 0.4) is 0 Å². The van der Waals surface area contributed by atoms with Gasteiger partial charge in [0, 0.05) is 21.1 Å². The SMILES string of the molecule is Cc1cc(C(C#N)c2ccc(Cl)cc2)c(Cl)cc1NC(=O)C12CCC(C)(C(=O)O1)C2(C)C. The van der Waals surface area contributed by atoms with Gasteiger partial charge in [0.15, 0.2) is 5.60 Å². The van der Waals surface area contributed by atoms with E-state index in [1.165, 1.54) is 0 Å². The molecule has 4 rings (SSSR count). The molecule has 1 aliphatic carbocycles. The standard InChI is InChI=1S/C25H24Cl2N2O3/c1-14-11-17(18(13-28)15-5-7-16(26)8-6-15)19(27)12-20(14)29-21(30)25-10-9-24(4,22(31)32-25)23(25,2)3/h5-8,11-12,18H,9-10H2,1-4H3,(H,29,30). The third-order valence-electron chi connectivity index (χ3n) is 7.69. The van der Waals surface area contributed by atoms with E-state index in [0.29, 0.717) is 34.1 Å². The van der Waals surface area contributed by atoms with Gasteiger partial charge in [-0.15, -0.1) is 0 Å². The summed E-state index contributed by atoms with van der Waals surface area (Å²) in [5.41, 5.74) is 0.169. The fourth-order valence-electron chi connectivity index (χ4n) is 5.01. The van der Waals surface area contributed by atoms with Crippen molar-refractivity contribution in [3.8, 4) is 6.07 Å². The van der Waals surface area contributed by atoms with Crippen LogP contribution in [-0.2, 0) is 14.3 Å². The second-order valence-corrected chi connectivity index (χ2v) is 10.3. The zero-order valence-corrected chi connectivity index (χ0v) is 19.9. The van der Waals surface area contributed by atoms with Crippen LogP contribution in [0.25, 0.3) is 0 Å². The number of aryl methyl sites for hydroxylation is 1. The summed E-state index contributed by atoms with van der Waals surface area (Å²) in [6.45, 7) is 7.54. The summed E-state index contributed by atoms with van der Waals surface area (Å²) < 4.78 is 5.68. The van der Waals surface area contributed by atoms with Crippen LogP contribution >= 0.6 is 23.2 Å². The minimum atomic E-state index is -1.21. The molecule has 0 spiro atoms. The van der Waals surface area contributed by atoms with Gasteiger partial charge in [0.05, 0.1) is 17.4 Å². The number of rotatable bonds is 4. The van der Waals surface area contributed by atoms with E-state index in [1.54, 1.807) is 30.3 Å². The number of fused-ring (bicyclic) bond motifs is 2. The largest absolute Gasteiger partial charge is 0.448 e. The van der Waals surface area contributed by atoms with E-state index >= 15 is 0 Å². The smallest absolute Gasteiger partial charge is 0.313 e. The molecular formula is C25H24Cl2N2O3. The van der Waals surface area contributed by atoms with E-state index < -0.39 is 22.3 Å². The number of nitriles is 1. The molecule has 1 aliphatic heterocycles. The molecule has 1 amide bonds. The van der Waals surface area contributed by atoms with Crippen molar-refractivity contribution in [2.75, 3.05) is 5.32 Å². The van der Waals surface area contributed by atoms with Gasteiger partial charge in [-0.25, -0.2) is 0 Å². The Bertz CT molecular complexity index is 1170. The average Bonchev–Trinajstić information content (AvgIpc) is 3.03. The monoisotopic (exact) mass is 470 g/mol. The maximum absolute atomic E-state index is 13.4. The van der Waals surface area contributed by atoms with Crippen LogP contribution in [0.4, 0.5) is 5.69 Å². The topological polar surface area (TPSA) is 79.2 Å². The molecule has 2 bridgehead atoms. The number of halogens is 2. The van der Waals surface area contributed by atoms with Gasteiger partial charge in [-0.2, -0.15) is 5.26 Å². The molecule has 1 saturated carbocycles. The van der Waals surface area contributed by atoms with Gasteiger partial charge in [-0.05, 0) is 61.6 Å². The van der Waals surface area contributed by atoms with E-state index in [-0.39, 0.29) is 11.9 Å². The molecule has 1 N–H and O–H groups in total. The quantitative estimate of drug-likeness (QED) is 0.554. The van der Waals surface area contributed by atoms with Crippen LogP contribution < -0.4 is 5.32 Å². The number of carbonyl (C=O) groups is 2. The summed E-state index contributed by atoms with van der Waals surface area (Å²) in [6.07, 6.45) is 1.09. The number of carbonyl (C=O) groups excluding carboxylic acids is 2. The van der Waals surface area contributed by atoms with Gasteiger partial charge in [-0.3, -0.25) is 9.59 Å². The highest BCUT2D eigenvalue weighted by molar-refractivity contribution is 6.32. The van der Waals surface area contributed by atoms with Crippen molar-refractivity contribution >= 4 is 40.8 Å². The van der Waals surface area contributed by atoms with Crippen LogP contribution in [0.1, 0.15) is 56.2 Å². The van der Waals surface area contributed by atoms with Crippen molar-refractivity contribution < 1.29 is 14.3 Å². The molecule has 3 atom stereocenters. The van der Waals surface area contributed by atoms with Crippen molar-refractivity contribution in [3.05, 3.63) is 63.1 Å². The predicted octanol–water partition coefficient (Wildman–Crippen LogP) is 6.02. The van der Waals surface area contributed by atoms with Crippen molar-refractivity contribution in [1.29, 1.82) is 5.26 Å². The normalized spacial score (nSPS) is 26.3. The molecule has 1 saturated heterocycles. The molecule has 1 heterocycles. The first-order valence-electron chi connectivity index (χ1n) is 10.5. The van der Waals surface area contributed by atoms with Gasteiger partial charge in [-0.1, -0.05) is 55.2 Å². The zero-order chi connectivity index (χ0) is 23.5. The van der Waals surface area contributed by atoms with E-state index in [2.05, 4.69) is 11.4 Å². The van der Waals surface area contributed by atoms with Gasteiger partial charge in [0.25, 0.3) is 5.91 Å². The van der Waals surface area contributed by atoms with E-state index in [1.807, 2.05) is 33.8 Å². The Balaban J connectivity index is 1.65. The number of ether oxygens (including phenoxy) is 1. The number of nitrogens with one attached hydrogen (secondary N) is 1. The zero-order valence-electron chi connectivity index (χ0n) is 18.4. The van der Waals surface area contributed by atoms with Crippen molar-refractivity contribution in [1.82, 2.24) is 0 Å². The minimum absolute atomic E-state index is 0.325. The maximum Gasteiger partial charge on any atom is 0.313 e. The number of nitrogens with zero attached hydrogens (tertiary/aromatic N) is 1. The van der Waals surface area contributed by atoms with Gasteiger partial charge in [0.2, 0.25) is 0 Å². The fourth-order valence-corrected chi connectivity index (χ4v) is 5.41. The Morgan fingerprint density at radius 1 is 1.16 bits per heavy atom. The lowest BCUT2D eigenvalue weighted by Gasteiger charge is -2.35. The highest BCUT2D eigenvalue weighted by Crippen LogP contribution is 2.65. The van der Waals surface area contributed by atoms with Crippen LogP contribution in [0, 0.1) is 29.1 Å². The molecule has 32 heavy (non-hydrogen) atoms. The molecule has 5 nitrogen and oxygen atoms in total. The second-order valence-electron chi connectivity index (χ2n) is 9.43. The highest BCUT2D eigenvalue weighted by atomic mass is 35.5. The lowest BCUT2D eigenvalue weighted by Crippen LogP contribution is -2.50. The Hall–Kier alpha value is -2.55. The summed E-state index contributed by atoms with van der Waals surface area (Å²) in [5, 5.41) is 13.7. The van der Waals surface area contributed by atoms with Gasteiger partial charge < -0.3 is 10.1 Å². The van der Waals surface area contributed by atoms with Gasteiger partial charge in [0.1, 0.15) is 0 Å². The molecule has 0 radical (unpaired) electrons. The lowest BCUT2D eigenvalue weighted by molar-refractivity contribution is -0.165. The Morgan fingerprint density at radius 3 is 2.34 bits per heavy atom. The van der Waals surface area contributed by atoms with E-state index in [4.69, 9.17) is 27.9 Å². The van der Waals surface area contributed by atoms with Crippen molar-refractivity contribution in [3.63, 3.8) is 0 Å². The maximum atomic E-state index is 13.4. The van der Waals surface area contributed by atoms with E-state index in [0.717, 1.165) is 11.1 Å². The van der Waals surface area contributed by atoms with Crippen LogP contribution in [0.2, 0.25) is 10.0 Å². The summed E-state index contributed by atoms with van der Waals surface area (Å²) in [4.78, 5) is 25.9. The first-order valence-corrected chi connectivity index (χ1v) is 11.2. The average molecular weight is 471 g/mol. The lowest BCUT2D eigenvalue weighted by atomic mass is 9.66. The Labute approximate surface area is 197 Å². The summed E-state index contributed by atoms with van der Waals surface area (Å²) in [7, 11) is 0. The third kappa shape index (κ3) is 3.04. The molecule has 3 unspecified atom stereocenters. The molecule has 2 fully saturated rings. The first-order chi connectivity index (χ1) is 15.0. The highest BCUT2D eigenvalue weighted by Gasteiger charge is 2.75. The summed E-state index contributed by atoms with van der Waals surface area (Å²) in [5.74, 6) is -1.25. The molecular weight excluding hydrogens is 447 g/mol. The Kier molecular flexibility index (Phi) is 5.31. The predicted molar refractivity (Wildman–Crippen MR) is 124 cm³/mol. The van der Waals surface area contributed by atoms with Gasteiger partial charge >= 0.3 is 5.97 Å². The summed E-state index contributed by atoms with van der Waals surface area (Å²) in [6, 6.07) is 12.8. The van der Waals surface area contributed by atoms with Crippen LogP contribution in [0.15, 0.2) is 36.4 Å². The van der Waals surface area contributed by atoms with Crippen molar-refractivity contribution in [2.24, 2.45) is 10.8 Å². The summed E-state index contributed by atoms with van der Waals surface area (Å²) >= 11 is 12.5. The van der Waals surface area contributed by atoms with Crippen LogP contribution in [-0.4, -0.2) is 17.5 Å². The number of benzene rings is 2. The molecule has 2 aromatic carbocycles. The number of hydrogen-bond donors (Lipinski definition) is 1.